The van der Waals surface area contributed by atoms with E-state index in [9.17, 15) is 14.0 Å². The highest BCUT2D eigenvalue weighted by molar-refractivity contribution is 6.06. The first-order valence-electron chi connectivity index (χ1n) is 14.0. The van der Waals surface area contributed by atoms with Crippen LogP contribution in [0.5, 0.6) is 0 Å². The molecule has 0 atom stereocenters. The van der Waals surface area contributed by atoms with Crippen LogP contribution in [0.3, 0.4) is 0 Å². The van der Waals surface area contributed by atoms with Crippen molar-refractivity contribution in [1.82, 2.24) is 30.1 Å². The minimum absolute atomic E-state index is 0.215. The number of rotatable bonds is 9. The van der Waals surface area contributed by atoms with E-state index in [1.165, 1.54) is 22.9 Å². The molecule has 0 unspecified atom stereocenters. The van der Waals surface area contributed by atoms with E-state index in [0.717, 1.165) is 71.1 Å². The van der Waals surface area contributed by atoms with Crippen LogP contribution in [0.25, 0.3) is 5.69 Å². The van der Waals surface area contributed by atoms with E-state index in [1.54, 1.807) is 13.1 Å². The number of aryl methyl sites for hydroxylation is 1. The summed E-state index contributed by atoms with van der Waals surface area (Å²) in [5.41, 5.74) is 3.11. The molecular weight excluding hydrogens is 527 g/mol. The molecule has 2 aliphatic rings. The maximum Gasteiger partial charge on any atom is 0.273 e. The molecule has 2 aliphatic heterocycles. The van der Waals surface area contributed by atoms with E-state index in [0.29, 0.717) is 29.0 Å². The van der Waals surface area contributed by atoms with Gasteiger partial charge in [0.05, 0.1) is 36.5 Å². The highest BCUT2D eigenvalue weighted by Gasteiger charge is 2.20. The first kappa shape index (κ1) is 28.7. The third-order valence-electron chi connectivity index (χ3n) is 7.52. The molecule has 2 N–H and O–H groups in total. The molecule has 2 saturated heterocycles. The van der Waals surface area contributed by atoms with Gasteiger partial charge < -0.3 is 25.2 Å². The fourth-order valence-electron chi connectivity index (χ4n) is 4.98. The summed E-state index contributed by atoms with van der Waals surface area (Å²) in [5.74, 6) is -0.978. The highest BCUT2D eigenvalue weighted by Crippen LogP contribution is 2.30. The average Bonchev–Trinajstić information content (AvgIpc) is 3.48. The van der Waals surface area contributed by atoms with Crippen molar-refractivity contribution in [2.45, 2.75) is 13.3 Å². The Morgan fingerprint density at radius 2 is 1.78 bits per heavy atom. The summed E-state index contributed by atoms with van der Waals surface area (Å²) < 4.78 is 20.7. The Bertz CT molecular complexity index is 1370. The zero-order valence-corrected chi connectivity index (χ0v) is 23.6. The van der Waals surface area contributed by atoms with E-state index >= 15 is 0 Å². The lowest BCUT2D eigenvalue weighted by atomic mass is 10.1. The third kappa shape index (κ3) is 7.26. The maximum absolute atomic E-state index is 13.8. The number of ether oxygens (including phenoxy) is 1. The van der Waals surface area contributed by atoms with E-state index in [4.69, 9.17) is 4.74 Å². The number of nitrogens with one attached hydrogen (secondary N) is 2. The number of morpholine rings is 1. The lowest BCUT2D eigenvalue weighted by molar-refractivity contribution is 0.0374. The van der Waals surface area contributed by atoms with Crippen LogP contribution < -0.4 is 15.5 Å². The number of hydrogen-bond acceptors (Lipinski definition) is 8. The molecule has 0 radical (unpaired) electrons. The Kier molecular flexibility index (Phi) is 9.22. The Hall–Kier alpha value is -3.87. The Labute approximate surface area is 239 Å². The number of carbonyl (C=O) groups excluding carboxylic acids is 2. The molecule has 12 heteroatoms. The molecule has 2 aromatic carbocycles. The number of likely N-dealkylation sites (N-methyl/N-ethyl adjacent to an activating group) is 1. The second-order valence-corrected chi connectivity index (χ2v) is 10.5. The molecule has 3 heterocycles. The zero-order valence-electron chi connectivity index (χ0n) is 23.6. The quantitative estimate of drug-likeness (QED) is 0.381. The van der Waals surface area contributed by atoms with Gasteiger partial charge in [-0.25, -0.2) is 9.07 Å². The second-order valence-electron chi connectivity index (χ2n) is 10.5. The second kappa shape index (κ2) is 13.2. The van der Waals surface area contributed by atoms with Crippen molar-refractivity contribution >= 4 is 23.2 Å². The summed E-state index contributed by atoms with van der Waals surface area (Å²) in [5, 5.41) is 14.2. The maximum atomic E-state index is 13.8. The third-order valence-corrected chi connectivity index (χ3v) is 7.52. The molecule has 11 nitrogen and oxygen atoms in total. The van der Waals surface area contributed by atoms with Crippen molar-refractivity contribution in [3.63, 3.8) is 0 Å². The summed E-state index contributed by atoms with van der Waals surface area (Å²) in [7, 11) is 2.09. The molecule has 0 saturated carbocycles. The average molecular weight is 565 g/mol. The molecule has 41 heavy (non-hydrogen) atoms. The fourth-order valence-corrected chi connectivity index (χ4v) is 4.98. The standard InChI is InChI=1S/C29H37FN8O3/c1-21-18-22(4-6-24(21)30)28(39)32-25-19-23(5-7-27(25)37-12-10-35(2)11-13-37)38-20-26(33-34-38)29(40)31-8-3-9-36-14-16-41-17-15-36/h4-7,18-20H,3,8-17H2,1-2H3,(H,31,40)(H,32,39). The van der Waals surface area contributed by atoms with Crippen molar-refractivity contribution < 1.29 is 18.7 Å². The van der Waals surface area contributed by atoms with E-state index in [-0.39, 0.29) is 23.3 Å². The SMILES string of the molecule is Cc1cc(C(=O)Nc2cc(-n3cc(C(=O)NCCCN4CCOCC4)nn3)ccc2N2CCN(C)CC2)ccc1F. The molecule has 2 fully saturated rings. The molecule has 0 aliphatic carbocycles. The number of hydrogen-bond donors (Lipinski definition) is 2. The highest BCUT2D eigenvalue weighted by atomic mass is 19.1. The van der Waals surface area contributed by atoms with Gasteiger partial charge in [-0.3, -0.25) is 14.5 Å². The molecule has 218 valence electrons. The van der Waals surface area contributed by atoms with Crippen LogP contribution in [0.1, 0.15) is 32.8 Å². The summed E-state index contributed by atoms with van der Waals surface area (Å²) >= 11 is 0. The minimum Gasteiger partial charge on any atom is -0.379 e. The number of anilines is 2. The van der Waals surface area contributed by atoms with Gasteiger partial charge in [0.2, 0.25) is 0 Å². The van der Waals surface area contributed by atoms with Crippen molar-refractivity contribution in [3.8, 4) is 5.69 Å². The minimum atomic E-state index is -0.357. The fraction of sp³-hybridized carbons (Fsp3) is 0.448. The lowest BCUT2D eigenvalue weighted by Gasteiger charge is -2.35. The number of nitrogens with zero attached hydrogens (tertiary/aromatic N) is 6. The normalized spacial score (nSPS) is 16.5. The number of amides is 2. The molecular formula is C29H37FN8O3. The predicted molar refractivity (Wildman–Crippen MR) is 154 cm³/mol. The van der Waals surface area contributed by atoms with Crippen LogP contribution in [-0.2, 0) is 4.74 Å². The van der Waals surface area contributed by atoms with Crippen LogP contribution in [0.15, 0.2) is 42.6 Å². The zero-order chi connectivity index (χ0) is 28.8. The van der Waals surface area contributed by atoms with Gasteiger partial charge in [0, 0.05) is 51.4 Å². The van der Waals surface area contributed by atoms with Crippen LogP contribution in [0.4, 0.5) is 15.8 Å². The van der Waals surface area contributed by atoms with Crippen LogP contribution in [0, 0.1) is 12.7 Å². The van der Waals surface area contributed by atoms with Crippen LogP contribution in [-0.4, -0.2) is 109 Å². The first-order valence-corrected chi connectivity index (χ1v) is 14.0. The molecule has 1 aromatic heterocycles. The van der Waals surface area contributed by atoms with Crippen molar-refractivity contribution in [2.24, 2.45) is 0 Å². The number of benzene rings is 2. The number of aromatic nitrogens is 3. The topological polar surface area (TPSA) is 108 Å². The van der Waals surface area contributed by atoms with Crippen molar-refractivity contribution in [2.75, 3.05) is 82.8 Å². The summed E-state index contributed by atoms with van der Waals surface area (Å²) in [6.07, 6.45) is 2.42. The first-order chi connectivity index (χ1) is 19.9. The van der Waals surface area contributed by atoms with Crippen LogP contribution >= 0.6 is 0 Å². The summed E-state index contributed by atoms with van der Waals surface area (Å²) in [6.45, 7) is 9.85. The summed E-state index contributed by atoms with van der Waals surface area (Å²) in [6, 6.07) is 9.96. The lowest BCUT2D eigenvalue weighted by Crippen LogP contribution is -2.44. The van der Waals surface area contributed by atoms with Gasteiger partial charge in [0.15, 0.2) is 5.69 Å². The van der Waals surface area contributed by atoms with Gasteiger partial charge in [0.1, 0.15) is 5.82 Å². The smallest absolute Gasteiger partial charge is 0.273 e. The molecule has 0 bridgehead atoms. The van der Waals surface area contributed by atoms with Crippen molar-refractivity contribution in [1.29, 1.82) is 0 Å². The predicted octanol–water partition coefficient (Wildman–Crippen LogP) is 2.17. The van der Waals surface area contributed by atoms with E-state index in [1.807, 2.05) is 18.2 Å². The Balaban J connectivity index is 1.29. The molecule has 3 aromatic rings. The number of carbonyl (C=O) groups is 2. The molecule has 2 amide bonds. The van der Waals surface area contributed by atoms with Gasteiger partial charge in [-0.1, -0.05) is 5.21 Å². The largest absolute Gasteiger partial charge is 0.379 e. The monoisotopic (exact) mass is 564 g/mol. The van der Waals surface area contributed by atoms with Crippen molar-refractivity contribution in [3.05, 3.63) is 65.2 Å². The number of piperazine rings is 1. The Morgan fingerprint density at radius 1 is 1.00 bits per heavy atom. The van der Waals surface area contributed by atoms with E-state index < -0.39 is 0 Å². The van der Waals surface area contributed by atoms with Crippen LogP contribution in [0.2, 0.25) is 0 Å². The summed E-state index contributed by atoms with van der Waals surface area (Å²) in [4.78, 5) is 32.7. The van der Waals surface area contributed by atoms with Gasteiger partial charge in [0.25, 0.3) is 11.8 Å². The van der Waals surface area contributed by atoms with E-state index in [2.05, 4.69) is 42.7 Å². The van der Waals surface area contributed by atoms with Gasteiger partial charge in [-0.15, -0.1) is 5.10 Å². The van der Waals surface area contributed by atoms with Gasteiger partial charge in [-0.2, -0.15) is 0 Å². The molecule has 0 spiro atoms. The van der Waals surface area contributed by atoms with Gasteiger partial charge in [-0.05, 0) is 68.9 Å². The molecule has 5 rings (SSSR count). The van der Waals surface area contributed by atoms with Gasteiger partial charge >= 0.3 is 0 Å². The number of halogens is 1. The Morgan fingerprint density at radius 3 is 2.54 bits per heavy atom.